The summed E-state index contributed by atoms with van der Waals surface area (Å²) in [6.45, 7) is 0. The van der Waals surface area contributed by atoms with Crippen molar-refractivity contribution < 1.29 is 4.79 Å². The predicted molar refractivity (Wildman–Crippen MR) is 73.5 cm³/mol. The molecule has 0 aromatic heterocycles. The largest absolute Gasteiger partial charge is 0.335 e. The van der Waals surface area contributed by atoms with Crippen LogP contribution in [-0.2, 0) is 0 Å². The molecule has 0 heterocycles. The van der Waals surface area contributed by atoms with E-state index in [0.717, 1.165) is 32.1 Å². The van der Waals surface area contributed by atoms with E-state index < -0.39 is 0 Å². The molecule has 2 amide bonds. The lowest BCUT2D eigenvalue weighted by Crippen LogP contribution is -2.41. The normalized spacial score (nSPS) is 25.2. The van der Waals surface area contributed by atoms with E-state index in [9.17, 15) is 4.79 Å². The van der Waals surface area contributed by atoms with Crippen molar-refractivity contribution in [3.63, 3.8) is 0 Å². The maximum Gasteiger partial charge on any atom is 0.335 e. The molecule has 1 saturated carbocycles. The van der Waals surface area contributed by atoms with Crippen LogP contribution in [0.4, 0.5) is 4.79 Å². The van der Waals surface area contributed by atoms with Gasteiger partial charge in [0.25, 0.3) is 0 Å². The van der Waals surface area contributed by atoms with E-state index in [-0.39, 0.29) is 6.03 Å². The molecular weight excluding hydrogens is 226 g/mol. The Morgan fingerprint density at radius 3 is 2.72 bits per heavy atom. The molecule has 1 atom stereocenters. The van der Waals surface area contributed by atoms with Gasteiger partial charge in [-0.25, -0.2) is 10.2 Å². The molecule has 0 radical (unpaired) electrons. The van der Waals surface area contributed by atoms with Gasteiger partial charge in [-0.05, 0) is 38.0 Å². The van der Waals surface area contributed by atoms with Crippen molar-refractivity contribution in [1.29, 1.82) is 0 Å². The third-order valence-corrected chi connectivity index (χ3v) is 3.70. The molecule has 2 aliphatic rings. The Bertz CT molecular complexity index is 319. The molecule has 4 heteroatoms. The fourth-order valence-electron chi connectivity index (χ4n) is 2.62. The Morgan fingerprint density at radius 2 is 2.00 bits per heavy atom. The molecule has 100 valence electrons. The number of allylic oxidation sites excluding steroid dienone is 2. The van der Waals surface area contributed by atoms with Gasteiger partial charge < -0.3 is 5.32 Å². The van der Waals surface area contributed by atoms with Crippen molar-refractivity contribution in [2.24, 2.45) is 11.0 Å². The number of hydrogen-bond acceptors (Lipinski definition) is 2. The van der Waals surface area contributed by atoms with Crippen LogP contribution in [0.25, 0.3) is 0 Å². The van der Waals surface area contributed by atoms with Crippen LogP contribution >= 0.6 is 0 Å². The fourth-order valence-corrected chi connectivity index (χ4v) is 2.62. The van der Waals surface area contributed by atoms with Crippen molar-refractivity contribution in [3.8, 4) is 0 Å². The van der Waals surface area contributed by atoms with Crippen LogP contribution in [0.3, 0.4) is 0 Å². The van der Waals surface area contributed by atoms with Gasteiger partial charge in [0.05, 0.1) is 0 Å². The smallest absolute Gasteiger partial charge is 0.334 e. The molecule has 2 rings (SSSR count). The van der Waals surface area contributed by atoms with Crippen molar-refractivity contribution in [3.05, 3.63) is 12.2 Å². The lowest BCUT2D eigenvalue weighted by Gasteiger charge is -2.22. The highest BCUT2D eigenvalue weighted by Gasteiger charge is 2.15. The molecule has 4 nitrogen and oxygen atoms in total. The van der Waals surface area contributed by atoms with Gasteiger partial charge in [-0.15, -0.1) is 0 Å². The molecule has 0 spiro atoms. The highest BCUT2D eigenvalue weighted by Crippen LogP contribution is 2.17. The summed E-state index contributed by atoms with van der Waals surface area (Å²) < 4.78 is 0. The maximum absolute atomic E-state index is 11.6. The van der Waals surface area contributed by atoms with Gasteiger partial charge in [-0.2, -0.15) is 5.10 Å². The van der Waals surface area contributed by atoms with Gasteiger partial charge in [0, 0.05) is 12.3 Å². The van der Waals surface area contributed by atoms with Crippen molar-refractivity contribution in [2.45, 2.75) is 57.4 Å². The van der Waals surface area contributed by atoms with Gasteiger partial charge in [0.1, 0.15) is 0 Å². The monoisotopic (exact) mass is 249 g/mol. The SMILES string of the molecule is O=C(NN=CC1CC=CCC1)NC1CCCCC1. The van der Waals surface area contributed by atoms with Gasteiger partial charge in [-0.1, -0.05) is 31.4 Å². The van der Waals surface area contributed by atoms with Crippen LogP contribution in [0.1, 0.15) is 51.4 Å². The van der Waals surface area contributed by atoms with E-state index in [2.05, 4.69) is 28.0 Å². The number of hydrogen-bond donors (Lipinski definition) is 2. The van der Waals surface area contributed by atoms with E-state index >= 15 is 0 Å². The number of nitrogens with zero attached hydrogens (tertiary/aromatic N) is 1. The van der Waals surface area contributed by atoms with Gasteiger partial charge in [-0.3, -0.25) is 0 Å². The van der Waals surface area contributed by atoms with Gasteiger partial charge >= 0.3 is 6.03 Å². The lowest BCUT2D eigenvalue weighted by molar-refractivity contribution is 0.233. The third kappa shape index (κ3) is 4.51. The Labute approximate surface area is 109 Å². The Kier molecular flexibility index (Phi) is 5.24. The van der Waals surface area contributed by atoms with Crippen LogP contribution < -0.4 is 10.7 Å². The second kappa shape index (κ2) is 7.19. The molecule has 18 heavy (non-hydrogen) atoms. The van der Waals surface area contributed by atoms with Gasteiger partial charge in [0.2, 0.25) is 0 Å². The maximum atomic E-state index is 11.6. The average Bonchev–Trinajstić information content (AvgIpc) is 2.41. The van der Waals surface area contributed by atoms with E-state index in [4.69, 9.17) is 0 Å². The summed E-state index contributed by atoms with van der Waals surface area (Å²) in [5.74, 6) is 0.477. The van der Waals surface area contributed by atoms with Crippen LogP contribution in [0, 0.1) is 5.92 Å². The number of rotatable bonds is 3. The molecule has 2 N–H and O–H groups in total. The number of hydrazone groups is 1. The summed E-state index contributed by atoms with van der Waals surface area (Å²) in [7, 11) is 0. The first kappa shape index (κ1) is 13.1. The molecule has 0 aliphatic heterocycles. The van der Waals surface area contributed by atoms with Gasteiger partial charge in [0.15, 0.2) is 0 Å². The highest BCUT2D eigenvalue weighted by molar-refractivity contribution is 5.75. The third-order valence-electron chi connectivity index (χ3n) is 3.70. The summed E-state index contributed by atoms with van der Waals surface area (Å²) in [6.07, 6.45) is 15.5. The second-order valence-electron chi connectivity index (χ2n) is 5.24. The predicted octanol–water partition coefficient (Wildman–Crippen LogP) is 2.96. The first-order chi connectivity index (χ1) is 8.84. The summed E-state index contributed by atoms with van der Waals surface area (Å²) >= 11 is 0. The minimum absolute atomic E-state index is 0.162. The van der Waals surface area contributed by atoms with Crippen molar-refractivity contribution in [2.75, 3.05) is 0 Å². The van der Waals surface area contributed by atoms with Crippen molar-refractivity contribution in [1.82, 2.24) is 10.7 Å². The number of carbonyl (C=O) groups excluding carboxylic acids is 1. The minimum atomic E-state index is -0.162. The zero-order chi connectivity index (χ0) is 12.6. The van der Waals surface area contributed by atoms with Crippen LogP contribution in [-0.4, -0.2) is 18.3 Å². The van der Waals surface area contributed by atoms with Crippen LogP contribution in [0.2, 0.25) is 0 Å². The summed E-state index contributed by atoms with van der Waals surface area (Å²) in [4.78, 5) is 11.6. The molecular formula is C14H23N3O. The summed E-state index contributed by atoms with van der Waals surface area (Å²) in [5, 5.41) is 7.02. The Hall–Kier alpha value is -1.32. The molecule has 0 bridgehead atoms. The molecule has 0 aromatic carbocycles. The van der Waals surface area contributed by atoms with E-state index in [1.165, 1.54) is 19.3 Å². The first-order valence-corrected chi connectivity index (χ1v) is 7.09. The molecule has 0 aromatic rings. The first-order valence-electron chi connectivity index (χ1n) is 7.09. The van der Waals surface area contributed by atoms with Crippen molar-refractivity contribution >= 4 is 12.2 Å². The zero-order valence-corrected chi connectivity index (χ0v) is 10.9. The lowest BCUT2D eigenvalue weighted by atomic mass is 9.96. The van der Waals surface area contributed by atoms with E-state index in [0.29, 0.717) is 12.0 Å². The van der Waals surface area contributed by atoms with Crippen LogP contribution in [0.5, 0.6) is 0 Å². The quantitative estimate of drug-likeness (QED) is 0.451. The number of nitrogens with one attached hydrogen (secondary N) is 2. The number of amides is 2. The highest BCUT2D eigenvalue weighted by atomic mass is 16.2. The second-order valence-corrected chi connectivity index (χ2v) is 5.24. The Balaban J connectivity index is 1.64. The molecule has 0 saturated heterocycles. The summed E-state index contributed by atoms with van der Waals surface area (Å²) in [5.41, 5.74) is 2.57. The summed E-state index contributed by atoms with van der Waals surface area (Å²) in [6, 6.07) is 0.177. The standard InChI is InChI=1S/C14H23N3O/c18-14(16-13-9-5-2-6-10-13)17-15-11-12-7-3-1-4-8-12/h1,3,11-13H,2,4-10H2,(H2,16,17,18). The van der Waals surface area contributed by atoms with E-state index in [1.807, 2.05) is 6.21 Å². The minimum Gasteiger partial charge on any atom is -0.334 e. The fraction of sp³-hybridized carbons (Fsp3) is 0.714. The average molecular weight is 249 g/mol. The number of urea groups is 1. The van der Waals surface area contributed by atoms with Crippen LogP contribution in [0.15, 0.2) is 17.3 Å². The zero-order valence-electron chi connectivity index (χ0n) is 10.9. The topological polar surface area (TPSA) is 53.5 Å². The Morgan fingerprint density at radius 1 is 1.17 bits per heavy atom. The van der Waals surface area contributed by atoms with E-state index in [1.54, 1.807) is 0 Å². The molecule has 2 aliphatic carbocycles. The molecule has 1 unspecified atom stereocenters. The number of carbonyl (C=O) groups is 1. The molecule has 1 fully saturated rings.